The highest BCUT2D eigenvalue weighted by molar-refractivity contribution is 9.09. The lowest BCUT2D eigenvalue weighted by molar-refractivity contribution is -0.0529. The molecule has 2 heteroatoms. The third-order valence-corrected chi connectivity index (χ3v) is 4.89. The lowest BCUT2D eigenvalue weighted by Gasteiger charge is -2.35. The van der Waals surface area contributed by atoms with E-state index in [0.717, 1.165) is 17.9 Å². The van der Waals surface area contributed by atoms with Crippen LogP contribution in [0.25, 0.3) is 0 Å². The van der Waals surface area contributed by atoms with Crippen molar-refractivity contribution in [2.24, 2.45) is 5.92 Å². The van der Waals surface area contributed by atoms with Crippen LogP contribution in [0.15, 0.2) is 0 Å². The molecule has 2 aliphatic carbocycles. The quantitative estimate of drug-likeness (QED) is 0.519. The summed E-state index contributed by atoms with van der Waals surface area (Å²) in [4.78, 5) is 0. The second-order valence-corrected chi connectivity index (χ2v) is 5.87. The maximum absolute atomic E-state index is 6.15. The van der Waals surface area contributed by atoms with E-state index in [1.807, 2.05) is 0 Å². The van der Waals surface area contributed by atoms with Gasteiger partial charge in [-0.2, -0.15) is 0 Å². The number of hydrogen-bond donors (Lipinski definition) is 0. The average molecular weight is 275 g/mol. The molecule has 0 N–H and O–H groups in total. The fourth-order valence-electron chi connectivity index (χ4n) is 2.58. The lowest BCUT2D eigenvalue weighted by Crippen LogP contribution is -2.37. The van der Waals surface area contributed by atoms with Crippen molar-refractivity contribution in [2.45, 2.75) is 63.4 Å². The van der Waals surface area contributed by atoms with Gasteiger partial charge in [0.1, 0.15) is 0 Å². The number of halogens is 1. The molecule has 0 aromatic carbocycles. The highest BCUT2D eigenvalue weighted by atomic mass is 79.9. The van der Waals surface area contributed by atoms with E-state index in [1.54, 1.807) is 0 Å². The zero-order chi connectivity index (χ0) is 10.6. The summed E-state index contributed by atoms with van der Waals surface area (Å²) in [7, 11) is 0. The van der Waals surface area contributed by atoms with Crippen molar-refractivity contribution in [3.05, 3.63) is 0 Å². The van der Waals surface area contributed by atoms with Gasteiger partial charge in [0.05, 0.1) is 5.60 Å². The van der Waals surface area contributed by atoms with Gasteiger partial charge in [0.25, 0.3) is 0 Å². The van der Waals surface area contributed by atoms with Crippen LogP contribution in [0, 0.1) is 5.92 Å². The van der Waals surface area contributed by atoms with Crippen LogP contribution in [-0.4, -0.2) is 17.5 Å². The highest BCUT2D eigenvalue weighted by Gasteiger charge is 2.31. The zero-order valence-corrected chi connectivity index (χ0v) is 11.2. The van der Waals surface area contributed by atoms with Gasteiger partial charge in [-0.25, -0.2) is 0 Å². The molecule has 0 atom stereocenters. The molecule has 0 amide bonds. The number of hydrogen-bond acceptors (Lipinski definition) is 1. The number of ether oxygens (including phenoxy) is 1. The van der Waals surface area contributed by atoms with Crippen LogP contribution in [0.5, 0.6) is 0 Å². The first-order valence-electron chi connectivity index (χ1n) is 6.55. The van der Waals surface area contributed by atoms with Crippen molar-refractivity contribution in [1.82, 2.24) is 0 Å². The van der Waals surface area contributed by atoms with E-state index in [2.05, 4.69) is 15.9 Å². The average Bonchev–Trinajstić information content (AvgIpc) is 3.10. The molecule has 88 valence electrons. The molecule has 2 saturated carbocycles. The molecule has 1 nitrogen and oxygen atoms in total. The molecule has 0 radical (unpaired) electrons. The van der Waals surface area contributed by atoms with E-state index < -0.39 is 0 Å². The Hall–Kier alpha value is 0.440. The fourth-order valence-corrected chi connectivity index (χ4v) is 3.30. The molecule has 2 fully saturated rings. The smallest absolute Gasteiger partial charge is 0.0778 e. The summed E-state index contributed by atoms with van der Waals surface area (Å²) in [5.74, 6) is 1.06. The Morgan fingerprint density at radius 2 is 1.87 bits per heavy atom. The third-order valence-electron chi connectivity index (χ3n) is 3.87. The van der Waals surface area contributed by atoms with Crippen LogP contribution < -0.4 is 0 Å². The van der Waals surface area contributed by atoms with E-state index >= 15 is 0 Å². The van der Waals surface area contributed by atoms with Crippen LogP contribution in [-0.2, 0) is 4.74 Å². The standard InChI is InChI=1S/C13H23BrO/c14-11-13(8-2-1-3-9-13)15-10-4-5-12-6-7-12/h12H,1-11H2. The molecule has 0 aromatic rings. The first-order chi connectivity index (χ1) is 7.35. The SMILES string of the molecule is BrCC1(OCCCC2CC2)CCCCC1. The molecular formula is C13H23BrO. The minimum Gasteiger partial charge on any atom is -0.374 e. The van der Waals surface area contributed by atoms with Crippen molar-refractivity contribution >= 4 is 15.9 Å². The van der Waals surface area contributed by atoms with Crippen LogP contribution >= 0.6 is 15.9 Å². The molecule has 0 saturated heterocycles. The summed E-state index contributed by atoms with van der Waals surface area (Å²) in [5.41, 5.74) is 0.196. The van der Waals surface area contributed by atoms with Crippen molar-refractivity contribution in [2.75, 3.05) is 11.9 Å². The van der Waals surface area contributed by atoms with Gasteiger partial charge >= 0.3 is 0 Å². The van der Waals surface area contributed by atoms with Crippen molar-refractivity contribution in [1.29, 1.82) is 0 Å². The molecule has 15 heavy (non-hydrogen) atoms. The summed E-state index contributed by atoms with van der Waals surface area (Å²) < 4.78 is 6.15. The van der Waals surface area contributed by atoms with E-state index in [9.17, 15) is 0 Å². The van der Waals surface area contributed by atoms with Crippen molar-refractivity contribution < 1.29 is 4.74 Å². The van der Waals surface area contributed by atoms with Crippen molar-refractivity contribution in [3.63, 3.8) is 0 Å². The Kier molecular flexibility index (Phi) is 4.51. The predicted molar refractivity (Wildman–Crippen MR) is 67.5 cm³/mol. The largest absolute Gasteiger partial charge is 0.374 e. The first kappa shape index (κ1) is 11.9. The Morgan fingerprint density at radius 3 is 2.47 bits per heavy atom. The molecule has 0 bridgehead atoms. The number of rotatable bonds is 6. The lowest BCUT2D eigenvalue weighted by atomic mass is 9.86. The maximum atomic E-state index is 6.15. The van der Waals surface area contributed by atoms with Gasteiger partial charge in [0.15, 0.2) is 0 Å². The summed E-state index contributed by atoms with van der Waals surface area (Å²) in [5, 5.41) is 1.03. The van der Waals surface area contributed by atoms with Gasteiger partial charge in [-0.15, -0.1) is 0 Å². The van der Waals surface area contributed by atoms with E-state index in [-0.39, 0.29) is 5.60 Å². The Bertz CT molecular complexity index is 183. The molecule has 0 aromatic heterocycles. The van der Waals surface area contributed by atoms with E-state index in [1.165, 1.54) is 57.8 Å². The Labute approximate surface area is 102 Å². The third kappa shape index (κ3) is 3.74. The normalized spacial score (nSPS) is 25.4. The molecule has 0 heterocycles. The van der Waals surface area contributed by atoms with E-state index in [4.69, 9.17) is 4.74 Å². The minimum atomic E-state index is 0.196. The summed E-state index contributed by atoms with van der Waals surface area (Å²) in [6.45, 7) is 0.988. The fraction of sp³-hybridized carbons (Fsp3) is 1.00. The first-order valence-corrected chi connectivity index (χ1v) is 7.67. The summed E-state index contributed by atoms with van der Waals surface area (Å²) in [6.07, 6.45) is 12.3. The Morgan fingerprint density at radius 1 is 1.13 bits per heavy atom. The molecular weight excluding hydrogens is 252 g/mol. The van der Waals surface area contributed by atoms with Gasteiger partial charge in [0, 0.05) is 11.9 Å². The molecule has 0 unspecified atom stereocenters. The zero-order valence-electron chi connectivity index (χ0n) is 9.64. The monoisotopic (exact) mass is 274 g/mol. The predicted octanol–water partition coefficient (Wildman–Crippen LogP) is 4.29. The minimum absolute atomic E-state index is 0.196. The maximum Gasteiger partial charge on any atom is 0.0778 e. The van der Waals surface area contributed by atoms with Gasteiger partial charge in [-0.1, -0.05) is 48.0 Å². The summed E-state index contributed by atoms with van der Waals surface area (Å²) >= 11 is 3.64. The number of alkyl halides is 1. The second kappa shape index (κ2) is 5.67. The molecule has 0 aliphatic heterocycles. The van der Waals surface area contributed by atoms with Crippen LogP contribution in [0.3, 0.4) is 0 Å². The van der Waals surface area contributed by atoms with Crippen LogP contribution in [0.2, 0.25) is 0 Å². The second-order valence-electron chi connectivity index (χ2n) is 5.31. The molecule has 0 spiro atoms. The molecule has 2 rings (SSSR count). The van der Waals surface area contributed by atoms with E-state index in [0.29, 0.717) is 0 Å². The topological polar surface area (TPSA) is 9.23 Å². The van der Waals surface area contributed by atoms with Gasteiger partial charge < -0.3 is 4.74 Å². The van der Waals surface area contributed by atoms with Gasteiger partial charge in [-0.05, 0) is 31.6 Å². The van der Waals surface area contributed by atoms with Gasteiger partial charge in [-0.3, -0.25) is 0 Å². The molecule has 2 aliphatic rings. The van der Waals surface area contributed by atoms with Crippen LogP contribution in [0.4, 0.5) is 0 Å². The van der Waals surface area contributed by atoms with Crippen LogP contribution in [0.1, 0.15) is 57.8 Å². The van der Waals surface area contributed by atoms with Gasteiger partial charge in [0.2, 0.25) is 0 Å². The highest BCUT2D eigenvalue weighted by Crippen LogP contribution is 2.35. The Balaban J connectivity index is 1.64. The summed E-state index contributed by atoms with van der Waals surface area (Å²) in [6, 6.07) is 0. The van der Waals surface area contributed by atoms with Crippen molar-refractivity contribution in [3.8, 4) is 0 Å².